The van der Waals surface area contributed by atoms with Gasteiger partial charge in [-0.25, -0.2) is 10.8 Å². The molecule has 1 aromatic rings. The first kappa shape index (κ1) is 11.7. The molecule has 0 radical (unpaired) electrons. The Hall–Kier alpha value is -1.37. The van der Waals surface area contributed by atoms with E-state index < -0.39 is 0 Å². The van der Waals surface area contributed by atoms with Crippen molar-refractivity contribution in [3.8, 4) is 0 Å². The first-order valence-corrected chi connectivity index (χ1v) is 4.72. The van der Waals surface area contributed by atoms with Crippen molar-refractivity contribution < 1.29 is 10.2 Å². The maximum Gasteiger partial charge on any atom is 0.142 e. The lowest BCUT2D eigenvalue weighted by atomic mass is 10.4. The molecule has 6 heteroatoms. The second kappa shape index (κ2) is 6.18. The molecule has 0 amide bonds. The fourth-order valence-corrected chi connectivity index (χ4v) is 1.26. The van der Waals surface area contributed by atoms with Gasteiger partial charge in [0.05, 0.1) is 13.2 Å². The molecule has 1 rings (SSSR count). The number of nitrogens with two attached hydrogens (primary N) is 1. The SMILES string of the molecule is NNc1cccc(N(CCO)CCO)n1. The number of hydrazine groups is 1. The highest BCUT2D eigenvalue weighted by Gasteiger charge is 2.06. The van der Waals surface area contributed by atoms with Gasteiger partial charge in [-0.15, -0.1) is 0 Å². The molecular weight excluding hydrogens is 196 g/mol. The van der Waals surface area contributed by atoms with Crippen LogP contribution in [0, 0.1) is 0 Å². The van der Waals surface area contributed by atoms with Crippen LogP contribution < -0.4 is 16.2 Å². The van der Waals surface area contributed by atoms with Crippen LogP contribution in [0.3, 0.4) is 0 Å². The first-order chi connectivity index (χ1) is 7.31. The Morgan fingerprint density at radius 2 is 1.93 bits per heavy atom. The van der Waals surface area contributed by atoms with Gasteiger partial charge < -0.3 is 20.5 Å². The molecule has 1 aromatic heterocycles. The Morgan fingerprint density at radius 3 is 2.47 bits per heavy atom. The van der Waals surface area contributed by atoms with Crippen molar-refractivity contribution in [2.75, 3.05) is 36.6 Å². The molecule has 1 heterocycles. The highest BCUT2D eigenvalue weighted by Crippen LogP contribution is 2.12. The van der Waals surface area contributed by atoms with Crippen LogP contribution in [0.1, 0.15) is 0 Å². The zero-order valence-electron chi connectivity index (χ0n) is 8.43. The fourth-order valence-electron chi connectivity index (χ4n) is 1.26. The molecule has 0 aliphatic rings. The van der Waals surface area contributed by atoms with Crippen LogP contribution in [0.2, 0.25) is 0 Å². The Bertz CT molecular complexity index is 289. The molecule has 0 aliphatic carbocycles. The lowest BCUT2D eigenvalue weighted by molar-refractivity contribution is 0.280. The number of aliphatic hydroxyl groups is 2. The van der Waals surface area contributed by atoms with Crippen molar-refractivity contribution in [2.24, 2.45) is 5.84 Å². The molecular formula is C9H16N4O2. The first-order valence-electron chi connectivity index (χ1n) is 4.72. The van der Waals surface area contributed by atoms with Gasteiger partial charge in [0.1, 0.15) is 11.6 Å². The summed E-state index contributed by atoms with van der Waals surface area (Å²) in [6.45, 7) is 0.896. The van der Waals surface area contributed by atoms with Crippen molar-refractivity contribution in [3.05, 3.63) is 18.2 Å². The largest absolute Gasteiger partial charge is 0.395 e. The maximum atomic E-state index is 8.86. The van der Waals surface area contributed by atoms with Gasteiger partial charge in [-0.1, -0.05) is 6.07 Å². The summed E-state index contributed by atoms with van der Waals surface area (Å²) in [4.78, 5) is 5.98. The molecule has 0 unspecified atom stereocenters. The molecule has 0 spiro atoms. The molecule has 0 atom stereocenters. The molecule has 0 fully saturated rings. The molecule has 6 nitrogen and oxygen atoms in total. The Balaban J connectivity index is 2.79. The summed E-state index contributed by atoms with van der Waals surface area (Å²) in [5, 5.41) is 17.7. The van der Waals surface area contributed by atoms with Crippen molar-refractivity contribution in [1.29, 1.82) is 0 Å². The summed E-state index contributed by atoms with van der Waals surface area (Å²) in [5.74, 6) is 6.46. The van der Waals surface area contributed by atoms with E-state index in [-0.39, 0.29) is 13.2 Å². The minimum atomic E-state index is 0.0158. The van der Waals surface area contributed by atoms with Crippen molar-refractivity contribution in [2.45, 2.75) is 0 Å². The molecule has 0 aromatic carbocycles. The fraction of sp³-hybridized carbons (Fsp3) is 0.444. The second-order valence-corrected chi connectivity index (χ2v) is 2.96. The topological polar surface area (TPSA) is 94.6 Å². The average Bonchev–Trinajstić information content (AvgIpc) is 2.29. The third kappa shape index (κ3) is 3.35. The van der Waals surface area contributed by atoms with Gasteiger partial charge in [0.15, 0.2) is 0 Å². The predicted octanol–water partition coefficient (Wildman–Crippen LogP) is -0.842. The van der Waals surface area contributed by atoms with Gasteiger partial charge in [0, 0.05) is 13.1 Å². The van der Waals surface area contributed by atoms with Crippen LogP contribution in [0.5, 0.6) is 0 Å². The molecule has 0 saturated heterocycles. The summed E-state index contributed by atoms with van der Waals surface area (Å²) in [5.41, 5.74) is 2.44. The van der Waals surface area contributed by atoms with E-state index >= 15 is 0 Å². The average molecular weight is 212 g/mol. The van der Waals surface area contributed by atoms with Crippen LogP contribution >= 0.6 is 0 Å². The van der Waals surface area contributed by atoms with E-state index in [1.807, 2.05) is 0 Å². The number of aliphatic hydroxyl groups excluding tert-OH is 2. The number of nitrogens with zero attached hydrogens (tertiary/aromatic N) is 2. The predicted molar refractivity (Wildman–Crippen MR) is 58.4 cm³/mol. The zero-order valence-corrected chi connectivity index (χ0v) is 8.43. The number of hydrogen-bond donors (Lipinski definition) is 4. The number of pyridine rings is 1. The normalized spacial score (nSPS) is 10.1. The van der Waals surface area contributed by atoms with E-state index in [9.17, 15) is 0 Å². The number of nitrogen functional groups attached to an aromatic ring is 1. The number of hydrogen-bond acceptors (Lipinski definition) is 6. The number of anilines is 2. The van der Waals surface area contributed by atoms with E-state index in [4.69, 9.17) is 16.1 Å². The third-order valence-corrected chi connectivity index (χ3v) is 1.95. The van der Waals surface area contributed by atoms with Gasteiger partial charge in [-0.2, -0.15) is 0 Å². The number of aromatic nitrogens is 1. The lowest BCUT2D eigenvalue weighted by Gasteiger charge is -2.21. The van der Waals surface area contributed by atoms with E-state index in [1.165, 1.54) is 0 Å². The van der Waals surface area contributed by atoms with Gasteiger partial charge in [0.2, 0.25) is 0 Å². The highest BCUT2D eigenvalue weighted by atomic mass is 16.3. The van der Waals surface area contributed by atoms with Gasteiger partial charge in [0.25, 0.3) is 0 Å². The van der Waals surface area contributed by atoms with Gasteiger partial charge >= 0.3 is 0 Å². The second-order valence-electron chi connectivity index (χ2n) is 2.96. The monoisotopic (exact) mass is 212 g/mol. The maximum absolute atomic E-state index is 8.86. The van der Waals surface area contributed by atoms with Gasteiger partial charge in [-0.05, 0) is 12.1 Å². The summed E-state index contributed by atoms with van der Waals surface area (Å²) >= 11 is 0. The summed E-state index contributed by atoms with van der Waals surface area (Å²) in [6.07, 6.45) is 0. The van der Waals surface area contributed by atoms with Crippen LogP contribution in [-0.2, 0) is 0 Å². The molecule has 84 valence electrons. The number of rotatable bonds is 6. The Morgan fingerprint density at radius 1 is 1.27 bits per heavy atom. The zero-order chi connectivity index (χ0) is 11.1. The van der Waals surface area contributed by atoms with Crippen molar-refractivity contribution in [1.82, 2.24) is 4.98 Å². The van der Waals surface area contributed by atoms with E-state index in [0.29, 0.717) is 24.7 Å². The standard InChI is InChI=1S/C9H16N4O2/c10-12-8-2-1-3-9(11-8)13(4-6-14)5-7-15/h1-3,14-15H,4-7,10H2,(H,11,12). The summed E-state index contributed by atoms with van der Waals surface area (Å²) in [6, 6.07) is 5.34. The highest BCUT2D eigenvalue weighted by molar-refractivity contribution is 5.46. The molecule has 0 saturated carbocycles. The summed E-state index contributed by atoms with van der Waals surface area (Å²) in [7, 11) is 0. The van der Waals surface area contributed by atoms with Crippen LogP contribution in [0.4, 0.5) is 11.6 Å². The minimum absolute atomic E-state index is 0.0158. The van der Waals surface area contributed by atoms with Crippen LogP contribution in [-0.4, -0.2) is 41.5 Å². The molecule has 0 bridgehead atoms. The minimum Gasteiger partial charge on any atom is -0.395 e. The smallest absolute Gasteiger partial charge is 0.142 e. The lowest BCUT2D eigenvalue weighted by Crippen LogP contribution is -2.30. The van der Waals surface area contributed by atoms with E-state index in [2.05, 4.69) is 10.4 Å². The van der Waals surface area contributed by atoms with E-state index in [0.717, 1.165) is 0 Å². The Labute approximate surface area is 88.3 Å². The molecule has 15 heavy (non-hydrogen) atoms. The molecule has 0 aliphatic heterocycles. The van der Waals surface area contributed by atoms with Crippen molar-refractivity contribution >= 4 is 11.6 Å². The number of nitrogens with one attached hydrogen (secondary N) is 1. The van der Waals surface area contributed by atoms with E-state index in [1.54, 1.807) is 23.1 Å². The third-order valence-electron chi connectivity index (χ3n) is 1.95. The quantitative estimate of drug-likeness (QED) is 0.363. The Kier molecular flexibility index (Phi) is 4.82. The van der Waals surface area contributed by atoms with Crippen LogP contribution in [0.15, 0.2) is 18.2 Å². The van der Waals surface area contributed by atoms with Crippen LogP contribution in [0.25, 0.3) is 0 Å². The molecule has 5 N–H and O–H groups in total. The summed E-state index contributed by atoms with van der Waals surface area (Å²) < 4.78 is 0. The van der Waals surface area contributed by atoms with Gasteiger partial charge in [-0.3, -0.25) is 0 Å². The van der Waals surface area contributed by atoms with Crippen molar-refractivity contribution in [3.63, 3.8) is 0 Å².